The smallest absolute Gasteiger partial charge is 0.165 e. The molecule has 2 aromatic rings. The monoisotopic (exact) mass is 481 g/mol. The van der Waals surface area contributed by atoms with Crippen molar-refractivity contribution >= 4 is 5.82 Å². The van der Waals surface area contributed by atoms with Gasteiger partial charge >= 0.3 is 0 Å². The summed E-state index contributed by atoms with van der Waals surface area (Å²) in [6, 6.07) is 6.94. The van der Waals surface area contributed by atoms with Gasteiger partial charge in [0.1, 0.15) is 12.1 Å². The summed E-state index contributed by atoms with van der Waals surface area (Å²) in [5, 5.41) is 0. The average molecular weight is 482 g/mol. The molecule has 0 spiro atoms. The van der Waals surface area contributed by atoms with E-state index in [0.717, 1.165) is 76.0 Å². The second-order valence-electron chi connectivity index (χ2n) is 9.60. The van der Waals surface area contributed by atoms with Crippen LogP contribution in [0.4, 0.5) is 5.82 Å². The summed E-state index contributed by atoms with van der Waals surface area (Å²) in [4.78, 5) is 17.1. The first kappa shape index (κ1) is 25.7. The van der Waals surface area contributed by atoms with Crippen LogP contribution in [0.3, 0.4) is 0 Å². The molecule has 1 aromatic heterocycles. The normalized spacial score (nSPS) is 17.0. The molecule has 35 heavy (non-hydrogen) atoms. The maximum absolute atomic E-state index is 6.13. The van der Waals surface area contributed by atoms with Gasteiger partial charge in [-0.05, 0) is 38.7 Å². The Morgan fingerprint density at radius 1 is 0.943 bits per heavy atom. The number of hydrogen-bond acceptors (Lipinski definition) is 7. The maximum Gasteiger partial charge on any atom is 0.165 e. The third kappa shape index (κ3) is 6.07. The number of para-hydroxylation sites is 1. The number of anilines is 1. The van der Waals surface area contributed by atoms with Crippen LogP contribution >= 0.6 is 0 Å². The first-order valence-corrected chi connectivity index (χ1v) is 13.6. The minimum absolute atomic E-state index is 0.633. The molecule has 0 aliphatic carbocycles. The van der Waals surface area contributed by atoms with E-state index in [1.165, 1.54) is 29.7 Å². The molecule has 1 saturated heterocycles. The Kier molecular flexibility index (Phi) is 9.21. The van der Waals surface area contributed by atoms with Crippen LogP contribution in [0.25, 0.3) is 0 Å². The van der Waals surface area contributed by atoms with Crippen LogP contribution in [0, 0.1) is 0 Å². The molecule has 2 aliphatic heterocycles. The zero-order valence-electron chi connectivity index (χ0n) is 22.1. The van der Waals surface area contributed by atoms with Crippen molar-refractivity contribution in [2.24, 2.45) is 0 Å². The fourth-order valence-electron chi connectivity index (χ4n) is 5.47. The predicted octanol–water partition coefficient (Wildman–Crippen LogP) is 4.53. The molecule has 0 N–H and O–H groups in total. The highest BCUT2D eigenvalue weighted by atomic mass is 16.5. The van der Waals surface area contributed by atoms with Gasteiger partial charge in [0.15, 0.2) is 11.5 Å². The lowest BCUT2D eigenvalue weighted by molar-refractivity contribution is 0.175. The molecule has 0 bridgehead atoms. The molecule has 0 atom stereocenters. The van der Waals surface area contributed by atoms with Crippen LogP contribution in [0.15, 0.2) is 24.5 Å². The van der Waals surface area contributed by atoms with Gasteiger partial charge in [0.05, 0.1) is 18.9 Å². The van der Waals surface area contributed by atoms with Crippen molar-refractivity contribution in [1.29, 1.82) is 0 Å². The van der Waals surface area contributed by atoms with Crippen molar-refractivity contribution in [2.75, 3.05) is 50.8 Å². The van der Waals surface area contributed by atoms with Gasteiger partial charge < -0.3 is 14.4 Å². The molecule has 7 nitrogen and oxygen atoms in total. The van der Waals surface area contributed by atoms with E-state index in [2.05, 4.69) is 47.6 Å². The zero-order chi connectivity index (χ0) is 24.6. The molecule has 7 heteroatoms. The van der Waals surface area contributed by atoms with Gasteiger partial charge in [0.2, 0.25) is 0 Å². The summed E-state index contributed by atoms with van der Waals surface area (Å²) in [5.41, 5.74) is 3.69. The minimum Gasteiger partial charge on any atom is -0.490 e. The average Bonchev–Trinajstić information content (AvgIpc) is 2.89. The lowest BCUT2D eigenvalue weighted by atomic mass is 10.0. The van der Waals surface area contributed by atoms with Crippen molar-refractivity contribution in [3.05, 3.63) is 41.3 Å². The van der Waals surface area contributed by atoms with Crippen LogP contribution < -0.4 is 14.4 Å². The van der Waals surface area contributed by atoms with Gasteiger partial charge in [-0.2, -0.15) is 0 Å². The first-order chi connectivity index (χ1) is 17.2. The Bertz CT molecular complexity index is 941. The molecule has 0 amide bonds. The van der Waals surface area contributed by atoms with Crippen LogP contribution in [0.2, 0.25) is 0 Å². The molecule has 0 unspecified atom stereocenters. The van der Waals surface area contributed by atoms with Crippen molar-refractivity contribution in [3.8, 4) is 11.5 Å². The number of benzene rings is 1. The topological polar surface area (TPSA) is 54.0 Å². The van der Waals surface area contributed by atoms with Crippen LogP contribution in [0.5, 0.6) is 11.5 Å². The van der Waals surface area contributed by atoms with Crippen molar-refractivity contribution < 1.29 is 9.47 Å². The molecule has 1 aromatic carbocycles. The first-order valence-electron chi connectivity index (χ1n) is 13.6. The molecule has 192 valence electrons. The SMILES string of the molecule is CCCOc1c(CN2CCc3c(ncnc3N3CCN(C(CC)CC)CC3)C2)cccc1OCC. The highest BCUT2D eigenvalue weighted by Gasteiger charge is 2.28. The summed E-state index contributed by atoms with van der Waals surface area (Å²) in [6.45, 7) is 17.1. The van der Waals surface area contributed by atoms with E-state index in [0.29, 0.717) is 19.3 Å². The summed E-state index contributed by atoms with van der Waals surface area (Å²) >= 11 is 0. The van der Waals surface area contributed by atoms with Crippen LogP contribution in [0.1, 0.15) is 63.8 Å². The molecule has 3 heterocycles. The largest absolute Gasteiger partial charge is 0.490 e. The molecule has 4 rings (SSSR count). The van der Waals surface area contributed by atoms with Crippen molar-refractivity contribution in [2.45, 2.75) is 72.5 Å². The second-order valence-corrected chi connectivity index (χ2v) is 9.60. The van der Waals surface area contributed by atoms with Crippen molar-refractivity contribution in [1.82, 2.24) is 19.8 Å². The quantitative estimate of drug-likeness (QED) is 0.467. The Morgan fingerprint density at radius 3 is 2.46 bits per heavy atom. The predicted molar refractivity (Wildman–Crippen MR) is 141 cm³/mol. The van der Waals surface area contributed by atoms with E-state index in [-0.39, 0.29) is 0 Å². The molecular weight excluding hydrogens is 438 g/mol. The van der Waals surface area contributed by atoms with Crippen LogP contribution in [-0.4, -0.2) is 71.7 Å². The molecular formula is C28H43N5O2. The number of ether oxygens (including phenoxy) is 2. The van der Waals surface area contributed by atoms with Crippen molar-refractivity contribution in [3.63, 3.8) is 0 Å². The van der Waals surface area contributed by atoms with Gasteiger partial charge in [-0.15, -0.1) is 0 Å². The summed E-state index contributed by atoms with van der Waals surface area (Å²) in [6.07, 6.45) is 6.18. The van der Waals surface area contributed by atoms with Gasteiger partial charge in [-0.3, -0.25) is 9.80 Å². The van der Waals surface area contributed by atoms with Crippen LogP contribution in [-0.2, 0) is 19.5 Å². The van der Waals surface area contributed by atoms with E-state index >= 15 is 0 Å². The number of hydrogen-bond donors (Lipinski definition) is 0. The number of aromatic nitrogens is 2. The van der Waals surface area contributed by atoms with E-state index in [1.54, 1.807) is 6.33 Å². The third-order valence-corrected chi connectivity index (χ3v) is 7.34. The highest BCUT2D eigenvalue weighted by Crippen LogP contribution is 2.34. The Morgan fingerprint density at radius 2 is 1.74 bits per heavy atom. The van der Waals surface area contributed by atoms with E-state index in [9.17, 15) is 0 Å². The number of piperazine rings is 1. The number of rotatable bonds is 11. The summed E-state index contributed by atoms with van der Waals surface area (Å²) in [7, 11) is 0. The van der Waals surface area contributed by atoms with Gasteiger partial charge in [0.25, 0.3) is 0 Å². The van der Waals surface area contributed by atoms with E-state index in [1.807, 2.05) is 13.0 Å². The molecule has 0 saturated carbocycles. The molecule has 1 fully saturated rings. The second kappa shape index (κ2) is 12.5. The van der Waals surface area contributed by atoms with E-state index in [4.69, 9.17) is 19.4 Å². The third-order valence-electron chi connectivity index (χ3n) is 7.34. The fourth-order valence-corrected chi connectivity index (χ4v) is 5.47. The highest BCUT2D eigenvalue weighted by molar-refractivity contribution is 5.50. The Hall–Kier alpha value is -2.38. The van der Waals surface area contributed by atoms with Gasteiger partial charge in [-0.1, -0.05) is 32.9 Å². The zero-order valence-corrected chi connectivity index (χ0v) is 22.1. The number of nitrogens with zero attached hydrogens (tertiary/aromatic N) is 5. The Labute approximate surface area is 211 Å². The summed E-state index contributed by atoms with van der Waals surface area (Å²) in [5.74, 6) is 2.89. The minimum atomic E-state index is 0.633. The molecule has 2 aliphatic rings. The molecule has 0 radical (unpaired) electrons. The van der Waals surface area contributed by atoms with Gasteiger partial charge in [0, 0.05) is 63.0 Å². The lowest BCUT2D eigenvalue weighted by Crippen LogP contribution is -2.50. The number of fused-ring (bicyclic) bond motifs is 1. The Balaban J connectivity index is 1.45. The lowest BCUT2D eigenvalue weighted by Gasteiger charge is -2.40. The van der Waals surface area contributed by atoms with E-state index < -0.39 is 0 Å². The van der Waals surface area contributed by atoms with Gasteiger partial charge in [-0.25, -0.2) is 9.97 Å². The maximum atomic E-state index is 6.13. The standard InChI is InChI=1S/C28H43N5O2/c1-5-18-35-27-22(10-9-11-26(27)34-8-4)19-31-13-12-24-25(20-31)29-21-30-28(24)33-16-14-32(15-17-33)23(6-2)7-3/h9-11,21,23H,5-8,12-20H2,1-4H3. The fraction of sp³-hybridized carbons (Fsp3) is 0.643. The summed E-state index contributed by atoms with van der Waals surface area (Å²) < 4.78 is 12.0.